The van der Waals surface area contributed by atoms with Crippen LogP contribution in [0, 0.1) is 5.92 Å². The molecule has 1 heterocycles. The smallest absolute Gasteiger partial charge is 0.284 e. The number of rotatable bonds is 9. The molecule has 0 unspecified atom stereocenters. The first-order valence-corrected chi connectivity index (χ1v) is 8.05. The largest absolute Gasteiger partial charge is 0.454 e. The Kier molecular flexibility index (Phi) is 9.12. The summed E-state index contributed by atoms with van der Waals surface area (Å²) in [6, 6.07) is 3.28. The standard InChI is InChI=1S/C16H26N4O3.HI/c1-3-18-16(20(2)8-9-22-11-12-4-5-12)19-10-13-6-7-14(23-13)15(17)21;/h6-7,12H,3-5,8-11H2,1-2H3,(H2,17,21)(H,18,19);1H. The third kappa shape index (κ3) is 7.08. The number of carbonyl (C=O) groups excluding carboxylic acids is 1. The fraction of sp³-hybridized carbons (Fsp3) is 0.625. The van der Waals surface area contributed by atoms with E-state index in [2.05, 4.69) is 10.3 Å². The number of nitrogens with one attached hydrogen (secondary N) is 1. The summed E-state index contributed by atoms with van der Waals surface area (Å²) in [5.74, 6) is 1.74. The molecule has 0 aliphatic heterocycles. The van der Waals surface area contributed by atoms with Gasteiger partial charge in [-0.15, -0.1) is 24.0 Å². The fourth-order valence-electron chi connectivity index (χ4n) is 2.06. The number of carbonyl (C=O) groups is 1. The zero-order valence-electron chi connectivity index (χ0n) is 14.3. The molecule has 7 nitrogen and oxygen atoms in total. The quantitative estimate of drug-likeness (QED) is 0.259. The highest BCUT2D eigenvalue weighted by atomic mass is 127. The first kappa shape index (κ1) is 20.8. The lowest BCUT2D eigenvalue weighted by Gasteiger charge is -2.21. The van der Waals surface area contributed by atoms with Crippen molar-refractivity contribution in [2.75, 3.05) is 33.4 Å². The summed E-state index contributed by atoms with van der Waals surface area (Å²) in [6.07, 6.45) is 2.60. The topological polar surface area (TPSA) is 93.1 Å². The predicted octanol–water partition coefficient (Wildman–Crippen LogP) is 1.82. The van der Waals surface area contributed by atoms with Crippen molar-refractivity contribution in [1.29, 1.82) is 0 Å². The Morgan fingerprint density at radius 3 is 2.83 bits per heavy atom. The van der Waals surface area contributed by atoms with Gasteiger partial charge in [-0.05, 0) is 37.8 Å². The Bertz CT molecular complexity index is 543. The van der Waals surface area contributed by atoms with Gasteiger partial charge in [0.1, 0.15) is 12.3 Å². The van der Waals surface area contributed by atoms with E-state index in [1.165, 1.54) is 12.8 Å². The first-order chi connectivity index (χ1) is 11.1. The van der Waals surface area contributed by atoms with Crippen LogP contribution in [0.5, 0.6) is 0 Å². The third-order valence-electron chi connectivity index (χ3n) is 3.61. The number of likely N-dealkylation sites (N-methyl/N-ethyl adjacent to an activating group) is 1. The lowest BCUT2D eigenvalue weighted by atomic mass is 10.4. The van der Waals surface area contributed by atoms with Crippen molar-refractivity contribution in [1.82, 2.24) is 10.2 Å². The lowest BCUT2D eigenvalue weighted by molar-refractivity contribution is 0.0972. The van der Waals surface area contributed by atoms with Crippen molar-refractivity contribution < 1.29 is 13.9 Å². The van der Waals surface area contributed by atoms with Gasteiger partial charge < -0.3 is 25.1 Å². The molecule has 136 valence electrons. The maximum atomic E-state index is 11.0. The summed E-state index contributed by atoms with van der Waals surface area (Å²) in [7, 11) is 1.97. The molecular formula is C16H27IN4O3. The zero-order valence-corrected chi connectivity index (χ0v) is 16.6. The van der Waals surface area contributed by atoms with E-state index >= 15 is 0 Å². The van der Waals surface area contributed by atoms with Crippen molar-refractivity contribution in [2.45, 2.75) is 26.3 Å². The second-order valence-electron chi connectivity index (χ2n) is 5.74. The molecule has 0 atom stereocenters. The molecule has 2 rings (SSSR count). The minimum atomic E-state index is -0.572. The van der Waals surface area contributed by atoms with Crippen molar-refractivity contribution in [2.24, 2.45) is 16.6 Å². The predicted molar refractivity (Wildman–Crippen MR) is 104 cm³/mol. The van der Waals surface area contributed by atoms with Crippen LogP contribution in [-0.4, -0.2) is 50.1 Å². The van der Waals surface area contributed by atoms with Gasteiger partial charge in [-0.1, -0.05) is 0 Å². The Morgan fingerprint density at radius 1 is 1.50 bits per heavy atom. The monoisotopic (exact) mass is 450 g/mol. The van der Waals surface area contributed by atoms with Crippen LogP contribution in [0.2, 0.25) is 0 Å². The maximum Gasteiger partial charge on any atom is 0.284 e. The maximum absolute atomic E-state index is 11.0. The molecule has 8 heteroatoms. The van der Waals surface area contributed by atoms with E-state index in [-0.39, 0.29) is 29.7 Å². The van der Waals surface area contributed by atoms with E-state index in [9.17, 15) is 4.79 Å². The van der Waals surface area contributed by atoms with Gasteiger partial charge in [-0.2, -0.15) is 0 Å². The minimum Gasteiger partial charge on any atom is -0.454 e. The van der Waals surface area contributed by atoms with Crippen molar-refractivity contribution in [3.05, 3.63) is 23.7 Å². The van der Waals surface area contributed by atoms with Crippen LogP contribution >= 0.6 is 24.0 Å². The molecule has 0 radical (unpaired) electrons. The van der Waals surface area contributed by atoms with Crippen LogP contribution in [0.1, 0.15) is 36.1 Å². The summed E-state index contributed by atoms with van der Waals surface area (Å²) in [5, 5.41) is 3.23. The zero-order chi connectivity index (χ0) is 16.7. The molecule has 1 aromatic heterocycles. The number of amides is 1. The minimum absolute atomic E-state index is 0. The van der Waals surface area contributed by atoms with Crippen molar-refractivity contribution >= 4 is 35.8 Å². The van der Waals surface area contributed by atoms with Gasteiger partial charge in [0.25, 0.3) is 5.91 Å². The average molecular weight is 450 g/mol. The molecule has 0 spiro atoms. The van der Waals surface area contributed by atoms with Crippen LogP contribution in [0.4, 0.5) is 0 Å². The molecule has 1 aromatic rings. The number of ether oxygens (including phenoxy) is 1. The fourth-order valence-corrected chi connectivity index (χ4v) is 2.06. The highest BCUT2D eigenvalue weighted by Crippen LogP contribution is 2.28. The third-order valence-corrected chi connectivity index (χ3v) is 3.61. The van der Waals surface area contributed by atoms with E-state index in [0.717, 1.165) is 31.6 Å². The number of hydrogen-bond donors (Lipinski definition) is 2. The van der Waals surface area contributed by atoms with Gasteiger partial charge in [0.15, 0.2) is 11.7 Å². The van der Waals surface area contributed by atoms with Gasteiger partial charge in [0.2, 0.25) is 0 Å². The molecule has 1 fully saturated rings. The summed E-state index contributed by atoms with van der Waals surface area (Å²) >= 11 is 0. The van der Waals surface area contributed by atoms with Gasteiger partial charge in [-0.25, -0.2) is 4.99 Å². The average Bonchev–Trinajstić information content (AvgIpc) is 3.22. The summed E-state index contributed by atoms with van der Waals surface area (Å²) in [5.41, 5.74) is 5.17. The molecule has 1 aliphatic rings. The van der Waals surface area contributed by atoms with Gasteiger partial charge in [0, 0.05) is 26.7 Å². The summed E-state index contributed by atoms with van der Waals surface area (Å²) in [4.78, 5) is 17.6. The van der Waals surface area contributed by atoms with Crippen LogP contribution in [-0.2, 0) is 11.3 Å². The molecule has 1 saturated carbocycles. The van der Waals surface area contributed by atoms with E-state index in [1.807, 2.05) is 18.9 Å². The summed E-state index contributed by atoms with van der Waals surface area (Å²) < 4.78 is 11.0. The lowest BCUT2D eigenvalue weighted by Crippen LogP contribution is -2.40. The first-order valence-electron chi connectivity index (χ1n) is 8.05. The molecule has 1 amide bonds. The Morgan fingerprint density at radius 2 is 2.25 bits per heavy atom. The number of nitrogens with two attached hydrogens (primary N) is 1. The van der Waals surface area contributed by atoms with Crippen molar-refractivity contribution in [3.63, 3.8) is 0 Å². The number of aliphatic imine (C=N–C) groups is 1. The van der Waals surface area contributed by atoms with Crippen LogP contribution in [0.3, 0.4) is 0 Å². The van der Waals surface area contributed by atoms with Gasteiger partial charge >= 0.3 is 0 Å². The van der Waals surface area contributed by atoms with E-state index in [0.29, 0.717) is 18.9 Å². The number of guanidine groups is 1. The van der Waals surface area contributed by atoms with E-state index in [1.54, 1.807) is 12.1 Å². The van der Waals surface area contributed by atoms with Crippen LogP contribution < -0.4 is 11.1 Å². The van der Waals surface area contributed by atoms with Crippen molar-refractivity contribution in [3.8, 4) is 0 Å². The normalized spacial score (nSPS) is 14.2. The molecule has 3 N–H and O–H groups in total. The Balaban J connectivity index is 0.00000288. The number of hydrogen-bond acceptors (Lipinski definition) is 4. The number of nitrogens with zero attached hydrogens (tertiary/aromatic N) is 2. The molecule has 0 aromatic carbocycles. The molecule has 24 heavy (non-hydrogen) atoms. The Hall–Kier alpha value is -1.29. The van der Waals surface area contributed by atoms with Crippen LogP contribution in [0.15, 0.2) is 21.5 Å². The molecule has 1 aliphatic carbocycles. The van der Waals surface area contributed by atoms with Gasteiger partial charge in [-0.3, -0.25) is 4.79 Å². The highest BCUT2D eigenvalue weighted by Gasteiger charge is 2.21. The molecule has 0 saturated heterocycles. The molecular weight excluding hydrogens is 423 g/mol. The van der Waals surface area contributed by atoms with E-state index in [4.69, 9.17) is 14.9 Å². The SMILES string of the molecule is CCNC(=NCc1ccc(C(N)=O)o1)N(C)CCOCC1CC1.I. The second kappa shape index (κ2) is 10.5. The van der Waals surface area contributed by atoms with E-state index < -0.39 is 5.91 Å². The summed E-state index contributed by atoms with van der Waals surface area (Å²) in [6.45, 7) is 5.46. The number of furan rings is 1. The van der Waals surface area contributed by atoms with Crippen LogP contribution in [0.25, 0.3) is 0 Å². The number of halogens is 1. The highest BCUT2D eigenvalue weighted by molar-refractivity contribution is 14.0. The second-order valence-corrected chi connectivity index (χ2v) is 5.74. The molecule has 0 bridgehead atoms. The number of primary amides is 1. The van der Waals surface area contributed by atoms with Gasteiger partial charge in [0.05, 0.1) is 6.61 Å². The Labute approximate surface area is 160 Å².